The predicted molar refractivity (Wildman–Crippen MR) is 73.8 cm³/mol. The molecule has 2 rings (SSSR count). The molecular formula is C14H18N2O4. The molecule has 108 valence electrons. The van der Waals surface area contributed by atoms with Crippen LogP contribution in [0.5, 0.6) is 5.75 Å². The summed E-state index contributed by atoms with van der Waals surface area (Å²) in [5, 5.41) is 9.42. The van der Waals surface area contributed by atoms with Crippen molar-refractivity contribution < 1.29 is 19.4 Å². The van der Waals surface area contributed by atoms with Gasteiger partial charge in [-0.2, -0.15) is 0 Å². The first-order valence-corrected chi connectivity index (χ1v) is 6.48. The highest BCUT2D eigenvalue weighted by Gasteiger charge is 2.44. The molecule has 20 heavy (non-hydrogen) atoms. The Bertz CT molecular complexity index is 558. The topological polar surface area (TPSA) is 92.9 Å². The lowest BCUT2D eigenvalue weighted by atomic mass is 9.82. The molecule has 6 nitrogen and oxygen atoms in total. The van der Waals surface area contributed by atoms with Gasteiger partial charge in [0.05, 0.1) is 12.3 Å². The molecule has 0 radical (unpaired) electrons. The normalized spacial score (nSPS) is 21.2. The first kappa shape index (κ1) is 14.3. The van der Waals surface area contributed by atoms with Gasteiger partial charge in [-0.05, 0) is 19.4 Å². The van der Waals surface area contributed by atoms with Gasteiger partial charge in [-0.25, -0.2) is 4.79 Å². The van der Waals surface area contributed by atoms with E-state index in [1.165, 1.54) is 11.8 Å². The van der Waals surface area contributed by atoms with Gasteiger partial charge in [0, 0.05) is 19.0 Å². The van der Waals surface area contributed by atoms with Gasteiger partial charge in [0.1, 0.15) is 11.3 Å². The number of rotatable bonds is 3. The van der Waals surface area contributed by atoms with Crippen molar-refractivity contribution in [3.63, 3.8) is 0 Å². The van der Waals surface area contributed by atoms with Crippen LogP contribution < -0.4 is 15.4 Å². The summed E-state index contributed by atoms with van der Waals surface area (Å²) in [5.41, 5.74) is 5.44. The third-order valence-corrected chi connectivity index (χ3v) is 3.54. The molecular weight excluding hydrogens is 260 g/mol. The monoisotopic (exact) mass is 278 g/mol. The highest BCUT2D eigenvalue weighted by atomic mass is 16.5. The number of ether oxygens (including phenoxy) is 1. The molecule has 1 aromatic rings. The number of para-hydroxylation sites is 1. The van der Waals surface area contributed by atoms with E-state index in [0.29, 0.717) is 23.6 Å². The van der Waals surface area contributed by atoms with Crippen LogP contribution in [0.15, 0.2) is 18.2 Å². The highest BCUT2D eigenvalue weighted by Crippen LogP contribution is 2.42. The lowest BCUT2D eigenvalue weighted by Gasteiger charge is -2.38. The standard InChI is InChI=1S/C14H18N2O4/c1-3-20-11-6-4-5-10-12(11)16(9(2)17)8-7-14(10,15)13(18)19/h4-6H,3,7-8,15H2,1-2H3,(H,18,19). The van der Waals surface area contributed by atoms with E-state index in [1.807, 2.05) is 6.92 Å². The molecule has 1 amide bonds. The number of hydrogen-bond acceptors (Lipinski definition) is 4. The quantitative estimate of drug-likeness (QED) is 0.863. The Morgan fingerprint density at radius 1 is 1.50 bits per heavy atom. The van der Waals surface area contributed by atoms with Crippen molar-refractivity contribution >= 4 is 17.6 Å². The second-order valence-electron chi connectivity index (χ2n) is 4.78. The summed E-state index contributed by atoms with van der Waals surface area (Å²) in [6.07, 6.45) is 0.171. The molecule has 0 bridgehead atoms. The van der Waals surface area contributed by atoms with E-state index in [0.717, 1.165) is 0 Å². The number of nitrogens with zero attached hydrogens (tertiary/aromatic N) is 1. The number of benzene rings is 1. The van der Waals surface area contributed by atoms with Crippen LogP contribution in [-0.4, -0.2) is 30.1 Å². The van der Waals surface area contributed by atoms with Gasteiger partial charge in [-0.3, -0.25) is 4.79 Å². The molecule has 1 aliphatic heterocycles. The lowest BCUT2D eigenvalue weighted by molar-refractivity contribution is -0.144. The molecule has 1 atom stereocenters. The minimum Gasteiger partial charge on any atom is -0.492 e. The molecule has 0 fully saturated rings. The lowest BCUT2D eigenvalue weighted by Crippen LogP contribution is -2.52. The zero-order chi connectivity index (χ0) is 14.9. The fraction of sp³-hybridized carbons (Fsp3) is 0.429. The van der Waals surface area contributed by atoms with E-state index in [9.17, 15) is 14.7 Å². The molecule has 6 heteroatoms. The summed E-state index contributed by atoms with van der Waals surface area (Å²) >= 11 is 0. The van der Waals surface area contributed by atoms with Crippen LogP contribution in [0.3, 0.4) is 0 Å². The maximum Gasteiger partial charge on any atom is 0.328 e. The van der Waals surface area contributed by atoms with Crippen molar-refractivity contribution in [2.45, 2.75) is 25.8 Å². The number of aliphatic carboxylic acids is 1. The highest BCUT2D eigenvalue weighted by molar-refractivity contribution is 5.97. The Hall–Kier alpha value is -2.08. The summed E-state index contributed by atoms with van der Waals surface area (Å²) < 4.78 is 5.52. The Labute approximate surface area is 117 Å². The van der Waals surface area contributed by atoms with Gasteiger partial charge < -0.3 is 20.5 Å². The van der Waals surface area contributed by atoms with E-state index < -0.39 is 11.5 Å². The number of anilines is 1. The second kappa shape index (κ2) is 5.13. The molecule has 1 aliphatic rings. The summed E-state index contributed by atoms with van der Waals surface area (Å²) in [5.74, 6) is -0.780. The Morgan fingerprint density at radius 2 is 2.20 bits per heavy atom. The fourth-order valence-electron chi connectivity index (χ4n) is 2.50. The maximum atomic E-state index is 11.8. The van der Waals surface area contributed by atoms with Crippen LogP contribution in [0.25, 0.3) is 0 Å². The van der Waals surface area contributed by atoms with Gasteiger partial charge in [0.15, 0.2) is 0 Å². The SMILES string of the molecule is CCOc1cccc2c1N(C(C)=O)CCC2(N)C(=O)O. The average molecular weight is 278 g/mol. The molecule has 0 saturated carbocycles. The number of carbonyl (C=O) groups excluding carboxylic acids is 1. The van der Waals surface area contributed by atoms with Crippen molar-refractivity contribution in [3.05, 3.63) is 23.8 Å². The summed E-state index contributed by atoms with van der Waals surface area (Å²) in [4.78, 5) is 24.8. The van der Waals surface area contributed by atoms with Gasteiger partial charge in [-0.15, -0.1) is 0 Å². The number of hydrogen-bond donors (Lipinski definition) is 2. The Morgan fingerprint density at radius 3 is 2.75 bits per heavy atom. The molecule has 0 aliphatic carbocycles. The van der Waals surface area contributed by atoms with E-state index in [2.05, 4.69) is 0 Å². The molecule has 0 saturated heterocycles. The van der Waals surface area contributed by atoms with Crippen molar-refractivity contribution in [1.82, 2.24) is 0 Å². The number of carbonyl (C=O) groups is 2. The van der Waals surface area contributed by atoms with Crippen molar-refractivity contribution in [2.75, 3.05) is 18.1 Å². The molecule has 1 aromatic carbocycles. The third-order valence-electron chi connectivity index (χ3n) is 3.54. The Balaban J connectivity index is 2.66. The van der Waals surface area contributed by atoms with E-state index in [4.69, 9.17) is 10.5 Å². The number of carboxylic acids is 1. The van der Waals surface area contributed by atoms with Gasteiger partial charge in [-0.1, -0.05) is 12.1 Å². The van der Waals surface area contributed by atoms with E-state index >= 15 is 0 Å². The molecule has 1 heterocycles. The van der Waals surface area contributed by atoms with Crippen LogP contribution in [0.4, 0.5) is 5.69 Å². The third kappa shape index (κ3) is 2.12. The number of carboxylic acid groups (broad SMARTS) is 1. The van der Waals surface area contributed by atoms with Crippen LogP contribution in [-0.2, 0) is 15.1 Å². The van der Waals surface area contributed by atoms with Crippen molar-refractivity contribution in [1.29, 1.82) is 0 Å². The number of nitrogens with two attached hydrogens (primary N) is 1. The minimum atomic E-state index is -1.49. The van der Waals surface area contributed by atoms with Crippen molar-refractivity contribution in [3.8, 4) is 5.75 Å². The van der Waals surface area contributed by atoms with Crippen LogP contribution in [0.1, 0.15) is 25.8 Å². The predicted octanol–water partition coefficient (Wildman–Crippen LogP) is 1.08. The van der Waals surface area contributed by atoms with Gasteiger partial charge in [0.2, 0.25) is 5.91 Å². The zero-order valence-electron chi connectivity index (χ0n) is 11.5. The largest absolute Gasteiger partial charge is 0.492 e. The fourth-order valence-corrected chi connectivity index (χ4v) is 2.50. The maximum absolute atomic E-state index is 11.8. The molecule has 1 unspecified atom stereocenters. The minimum absolute atomic E-state index is 0.161. The summed E-state index contributed by atoms with van der Waals surface area (Å²) in [7, 11) is 0. The van der Waals surface area contributed by atoms with Crippen molar-refractivity contribution in [2.24, 2.45) is 5.73 Å². The van der Waals surface area contributed by atoms with E-state index in [1.54, 1.807) is 18.2 Å². The molecule has 3 N–H and O–H groups in total. The first-order valence-electron chi connectivity index (χ1n) is 6.48. The molecule has 0 spiro atoms. The van der Waals surface area contributed by atoms with E-state index in [-0.39, 0.29) is 18.9 Å². The first-order chi connectivity index (χ1) is 9.41. The van der Waals surface area contributed by atoms with Crippen LogP contribution in [0.2, 0.25) is 0 Å². The van der Waals surface area contributed by atoms with Gasteiger partial charge in [0.25, 0.3) is 0 Å². The summed E-state index contributed by atoms with van der Waals surface area (Å²) in [6.45, 7) is 3.95. The number of amides is 1. The molecule has 0 aromatic heterocycles. The second-order valence-corrected chi connectivity index (χ2v) is 4.78. The average Bonchev–Trinajstić information content (AvgIpc) is 2.39. The number of fused-ring (bicyclic) bond motifs is 1. The smallest absolute Gasteiger partial charge is 0.328 e. The van der Waals surface area contributed by atoms with Crippen LogP contribution in [0, 0.1) is 0 Å². The van der Waals surface area contributed by atoms with Gasteiger partial charge >= 0.3 is 5.97 Å². The zero-order valence-corrected chi connectivity index (χ0v) is 11.5. The van der Waals surface area contributed by atoms with Crippen LogP contribution >= 0.6 is 0 Å². The Kier molecular flexibility index (Phi) is 3.67. The summed E-state index contributed by atoms with van der Waals surface area (Å²) in [6, 6.07) is 5.05.